The van der Waals surface area contributed by atoms with Crippen molar-refractivity contribution in [1.29, 1.82) is 5.26 Å². The molecule has 1 N–H and O–H groups in total. The number of hydrogen-bond acceptors (Lipinski definition) is 4. The number of nitrogens with zero attached hydrogens (tertiary/aromatic N) is 4. The monoisotopic (exact) mass is 517 g/mol. The number of methoxy groups -OCH3 is 1. The zero-order chi connectivity index (χ0) is 26.2. The third-order valence-corrected chi connectivity index (χ3v) is 6.25. The van der Waals surface area contributed by atoms with Crippen LogP contribution in [0.25, 0.3) is 0 Å². The number of nitrogens with one attached hydrogen (secondary N) is 1. The van der Waals surface area contributed by atoms with Crippen molar-refractivity contribution in [3.05, 3.63) is 113 Å². The molecule has 0 atom stereocenters. The zero-order valence-corrected chi connectivity index (χ0v) is 21.0. The molecule has 0 fully saturated rings. The fraction of sp³-hybridized carbons (Fsp3) is 0.179. The van der Waals surface area contributed by atoms with E-state index in [9.17, 15) is 8.78 Å². The highest BCUT2D eigenvalue weighted by molar-refractivity contribution is 7.80. The van der Waals surface area contributed by atoms with Gasteiger partial charge in [-0.1, -0.05) is 24.3 Å². The minimum Gasteiger partial charge on any atom is -0.497 e. The smallest absolute Gasteiger partial charge is 0.173 e. The van der Waals surface area contributed by atoms with Crippen molar-refractivity contribution >= 4 is 23.0 Å². The van der Waals surface area contributed by atoms with Crippen LogP contribution < -0.4 is 10.1 Å². The summed E-state index contributed by atoms with van der Waals surface area (Å²) in [7, 11) is 1.59. The highest BCUT2D eigenvalue weighted by Gasteiger charge is 2.16. The Morgan fingerprint density at radius 2 is 1.86 bits per heavy atom. The fourth-order valence-corrected chi connectivity index (χ4v) is 4.11. The average Bonchev–Trinajstić information content (AvgIpc) is 3.36. The van der Waals surface area contributed by atoms with Crippen molar-refractivity contribution in [2.24, 2.45) is 0 Å². The standard InChI is InChI=1S/C28H25F2N5OS/c1-36-25-11-9-23(10-12-25)33-28(37)34(18-22-3-2-4-26(29)27(22)30)14-13-24-16-32-19-35(24)17-21-7-5-20(15-31)6-8-21/h2-12,16,19H,13-14,17-18H2,1H3,(H,33,37). The van der Waals surface area contributed by atoms with E-state index in [1.807, 2.05) is 41.0 Å². The molecule has 0 amide bonds. The molecular weight excluding hydrogens is 492 g/mol. The van der Waals surface area contributed by atoms with Crippen LogP contribution in [0.3, 0.4) is 0 Å². The quantitative estimate of drug-likeness (QED) is 0.295. The minimum atomic E-state index is -0.896. The Hall–Kier alpha value is -4.29. The molecule has 0 bridgehead atoms. The summed E-state index contributed by atoms with van der Waals surface area (Å²) in [5.41, 5.74) is 3.56. The van der Waals surface area contributed by atoms with Gasteiger partial charge in [0.1, 0.15) is 5.75 Å². The number of imidazole rings is 1. The molecule has 188 valence electrons. The van der Waals surface area contributed by atoms with Gasteiger partial charge in [-0.3, -0.25) is 0 Å². The molecule has 0 aliphatic heterocycles. The van der Waals surface area contributed by atoms with Gasteiger partial charge in [0.15, 0.2) is 16.7 Å². The van der Waals surface area contributed by atoms with Crippen molar-refractivity contribution in [2.45, 2.75) is 19.5 Å². The summed E-state index contributed by atoms with van der Waals surface area (Å²) in [5, 5.41) is 12.6. The van der Waals surface area contributed by atoms with Gasteiger partial charge in [0.05, 0.1) is 25.1 Å². The number of hydrogen-bond donors (Lipinski definition) is 1. The second-order valence-electron chi connectivity index (χ2n) is 8.36. The first-order chi connectivity index (χ1) is 18.0. The molecule has 0 aliphatic rings. The van der Waals surface area contributed by atoms with E-state index >= 15 is 0 Å². The van der Waals surface area contributed by atoms with Crippen LogP contribution in [0, 0.1) is 23.0 Å². The molecule has 4 rings (SSSR count). The van der Waals surface area contributed by atoms with Crippen molar-refractivity contribution in [3.8, 4) is 11.8 Å². The van der Waals surface area contributed by atoms with Gasteiger partial charge < -0.3 is 19.5 Å². The predicted molar refractivity (Wildman–Crippen MR) is 142 cm³/mol. The van der Waals surface area contributed by atoms with E-state index < -0.39 is 11.6 Å². The van der Waals surface area contributed by atoms with Gasteiger partial charge in [0.2, 0.25) is 0 Å². The molecule has 3 aromatic carbocycles. The zero-order valence-electron chi connectivity index (χ0n) is 20.2. The lowest BCUT2D eigenvalue weighted by molar-refractivity contribution is 0.401. The van der Waals surface area contributed by atoms with Gasteiger partial charge in [0.25, 0.3) is 0 Å². The van der Waals surface area contributed by atoms with E-state index in [-0.39, 0.29) is 12.1 Å². The maximum atomic E-state index is 14.5. The second-order valence-corrected chi connectivity index (χ2v) is 8.75. The molecule has 0 aliphatic carbocycles. The largest absolute Gasteiger partial charge is 0.497 e. The maximum absolute atomic E-state index is 14.5. The Labute approximate surface area is 219 Å². The lowest BCUT2D eigenvalue weighted by Gasteiger charge is -2.26. The Kier molecular flexibility index (Phi) is 8.44. The molecule has 4 aromatic rings. The Balaban J connectivity index is 1.50. The van der Waals surface area contributed by atoms with Crippen LogP contribution in [0.15, 0.2) is 79.3 Å². The van der Waals surface area contributed by atoms with E-state index in [1.54, 1.807) is 42.7 Å². The lowest BCUT2D eigenvalue weighted by atomic mass is 10.1. The van der Waals surface area contributed by atoms with Gasteiger partial charge in [0, 0.05) is 49.2 Å². The summed E-state index contributed by atoms with van der Waals surface area (Å²) < 4.78 is 35.6. The molecule has 0 radical (unpaired) electrons. The number of nitriles is 1. The van der Waals surface area contributed by atoms with Crippen molar-refractivity contribution in [1.82, 2.24) is 14.5 Å². The predicted octanol–water partition coefficient (Wildman–Crippen LogP) is 5.53. The van der Waals surface area contributed by atoms with E-state index in [4.69, 9.17) is 22.2 Å². The Bertz CT molecular complexity index is 1400. The number of aromatic nitrogens is 2. The van der Waals surface area contributed by atoms with Crippen LogP contribution >= 0.6 is 12.2 Å². The summed E-state index contributed by atoms with van der Waals surface area (Å²) >= 11 is 5.67. The van der Waals surface area contributed by atoms with Crippen LogP contribution in [-0.2, 0) is 19.5 Å². The first kappa shape index (κ1) is 25.8. The van der Waals surface area contributed by atoms with Crippen LogP contribution in [0.1, 0.15) is 22.4 Å². The van der Waals surface area contributed by atoms with Gasteiger partial charge >= 0.3 is 0 Å². The van der Waals surface area contributed by atoms with Crippen LogP contribution in [0.4, 0.5) is 14.5 Å². The Morgan fingerprint density at radius 1 is 1.11 bits per heavy atom. The van der Waals surface area contributed by atoms with Crippen LogP contribution in [0.2, 0.25) is 0 Å². The third-order valence-electron chi connectivity index (χ3n) is 5.89. The summed E-state index contributed by atoms with van der Waals surface area (Å²) in [6, 6.07) is 20.9. The van der Waals surface area contributed by atoms with Gasteiger partial charge in [-0.2, -0.15) is 5.26 Å². The van der Waals surface area contributed by atoms with E-state index in [0.29, 0.717) is 35.9 Å². The van der Waals surface area contributed by atoms with E-state index in [2.05, 4.69) is 16.4 Å². The van der Waals surface area contributed by atoms with Crippen molar-refractivity contribution in [2.75, 3.05) is 19.0 Å². The molecule has 0 unspecified atom stereocenters. The minimum absolute atomic E-state index is 0.0926. The molecule has 0 spiro atoms. The number of thiocarbonyl (C=S) groups is 1. The lowest BCUT2D eigenvalue weighted by Crippen LogP contribution is -2.36. The van der Waals surface area contributed by atoms with Gasteiger partial charge in [-0.25, -0.2) is 13.8 Å². The summed E-state index contributed by atoms with van der Waals surface area (Å²) in [6.45, 7) is 1.13. The molecule has 1 heterocycles. The summed E-state index contributed by atoms with van der Waals surface area (Å²) in [4.78, 5) is 6.09. The van der Waals surface area contributed by atoms with Crippen LogP contribution in [0.5, 0.6) is 5.75 Å². The SMILES string of the molecule is COc1ccc(NC(=S)N(CCc2cncn2Cc2ccc(C#N)cc2)Cc2cccc(F)c2F)cc1. The molecule has 37 heavy (non-hydrogen) atoms. The van der Waals surface area contributed by atoms with Gasteiger partial charge in [-0.05, 0) is 60.2 Å². The highest BCUT2D eigenvalue weighted by Crippen LogP contribution is 2.19. The van der Waals surface area contributed by atoms with Crippen molar-refractivity contribution < 1.29 is 13.5 Å². The number of halogens is 2. The molecule has 0 saturated carbocycles. The molecule has 0 saturated heterocycles. The molecule has 6 nitrogen and oxygen atoms in total. The number of rotatable bonds is 9. The molecule has 9 heteroatoms. The normalized spacial score (nSPS) is 10.5. The summed E-state index contributed by atoms with van der Waals surface area (Å²) in [6.07, 6.45) is 4.10. The average molecular weight is 518 g/mol. The molecule has 1 aromatic heterocycles. The number of ether oxygens (including phenoxy) is 1. The molecular formula is C28H25F2N5OS. The van der Waals surface area contributed by atoms with Gasteiger partial charge in [-0.15, -0.1) is 0 Å². The maximum Gasteiger partial charge on any atom is 0.173 e. The van der Waals surface area contributed by atoms with E-state index in [0.717, 1.165) is 23.0 Å². The van der Waals surface area contributed by atoms with E-state index in [1.165, 1.54) is 6.07 Å². The fourth-order valence-electron chi connectivity index (χ4n) is 3.84. The highest BCUT2D eigenvalue weighted by atomic mass is 32.1. The Morgan fingerprint density at radius 3 is 2.57 bits per heavy atom. The van der Waals surface area contributed by atoms with Crippen molar-refractivity contribution in [3.63, 3.8) is 0 Å². The third kappa shape index (κ3) is 6.68. The number of anilines is 1. The first-order valence-corrected chi connectivity index (χ1v) is 12.0. The van der Waals surface area contributed by atoms with Crippen LogP contribution in [-0.4, -0.2) is 33.2 Å². The topological polar surface area (TPSA) is 66.1 Å². The summed E-state index contributed by atoms with van der Waals surface area (Å²) in [5.74, 6) is -1.07. The second kappa shape index (κ2) is 12.1. The first-order valence-electron chi connectivity index (χ1n) is 11.6. The number of benzene rings is 3.